The van der Waals surface area contributed by atoms with Gasteiger partial charge < -0.3 is 10.2 Å². The van der Waals surface area contributed by atoms with E-state index in [0.717, 1.165) is 47.5 Å². The number of para-hydroxylation sites is 1. The quantitative estimate of drug-likeness (QED) is 0.770. The topological polar surface area (TPSA) is 67.2 Å². The number of nitrogens with zero attached hydrogens (tertiary/aromatic N) is 3. The lowest BCUT2D eigenvalue weighted by Crippen LogP contribution is -2.38. The van der Waals surface area contributed by atoms with Crippen LogP contribution < -0.4 is 5.32 Å². The van der Waals surface area contributed by atoms with Crippen molar-refractivity contribution in [3.05, 3.63) is 47.0 Å². The zero-order chi connectivity index (χ0) is 18.1. The summed E-state index contributed by atoms with van der Waals surface area (Å²) in [6.07, 6.45) is 2.09. The molecule has 0 radical (unpaired) electrons. The maximum absolute atomic E-state index is 12.5. The second kappa shape index (κ2) is 6.92. The molecule has 0 saturated carbocycles. The van der Waals surface area contributed by atoms with E-state index in [4.69, 9.17) is 0 Å². The average Bonchev–Trinajstić information content (AvgIpc) is 3.38. The maximum Gasteiger partial charge on any atom is 0.261 e. The fourth-order valence-corrected chi connectivity index (χ4v) is 4.32. The molecule has 1 aliphatic rings. The average molecular weight is 368 g/mol. The Bertz CT molecular complexity index is 955. The number of fused-ring (bicyclic) bond motifs is 1. The highest BCUT2D eigenvalue weighted by Crippen LogP contribution is 2.30. The van der Waals surface area contributed by atoms with Crippen LogP contribution in [-0.2, 0) is 4.79 Å². The van der Waals surface area contributed by atoms with Crippen molar-refractivity contribution in [1.29, 1.82) is 0 Å². The zero-order valence-electron chi connectivity index (χ0n) is 14.6. The van der Waals surface area contributed by atoms with Gasteiger partial charge in [-0.25, -0.2) is 4.68 Å². The highest BCUT2D eigenvalue weighted by atomic mass is 32.1. The molecule has 0 aliphatic carbocycles. The van der Waals surface area contributed by atoms with Gasteiger partial charge in [0.1, 0.15) is 4.83 Å². The summed E-state index contributed by atoms with van der Waals surface area (Å²) in [6.45, 7) is 3.58. The van der Waals surface area contributed by atoms with Gasteiger partial charge in [0, 0.05) is 18.5 Å². The molecule has 7 heteroatoms. The second-order valence-electron chi connectivity index (χ2n) is 6.43. The molecule has 3 heterocycles. The first kappa shape index (κ1) is 16.8. The van der Waals surface area contributed by atoms with Gasteiger partial charge in [-0.05, 0) is 38.0 Å². The maximum atomic E-state index is 12.5. The number of carbonyl (C=O) groups is 2. The van der Waals surface area contributed by atoms with Gasteiger partial charge in [-0.3, -0.25) is 9.59 Å². The Kier molecular flexibility index (Phi) is 4.46. The van der Waals surface area contributed by atoms with Crippen molar-refractivity contribution in [2.24, 2.45) is 0 Å². The molecule has 0 bridgehead atoms. The summed E-state index contributed by atoms with van der Waals surface area (Å²) in [7, 11) is 0. The third-order valence-electron chi connectivity index (χ3n) is 4.63. The Morgan fingerprint density at radius 3 is 2.65 bits per heavy atom. The molecular formula is C19H20N4O2S. The summed E-state index contributed by atoms with van der Waals surface area (Å²) < 4.78 is 1.86. The van der Waals surface area contributed by atoms with Crippen molar-refractivity contribution in [2.75, 3.05) is 19.6 Å². The molecule has 6 nitrogen and oxygen atoms in total. The lowest BCUT2D eigenvalue weighted by Gasteiger charge is -2.15. The number of amides is 2. The van der Waals surface area contributed by atoms with E-state index in [1.54, 1.807) is 0 Å². The highest BCUT2D eigenvalue weighted by molar-refractivity contribution is 7.20. The highest BCUT2D eigenvalue weighted by Gasteiger charge is 2.20. The van der Waals surface area contributed by atoms with E-state index < -0.39 is 0 Å². The normalized spacial score (nSPS) is 14.1. The molecule has 1 saturated heterocycles. The molecule has 26 heavy (non-hydrogen) atoms. The van der Waals surface area contributed by atoms with Crippen molar-refractivity contribution >= 4 is 33.4 Å². The van der Waals surface area contributed by atoms with Crippen molar-refractivity contribution in [1.82, 2.24) is 20.0 Å². The lowest BCUT2D eigenvalue weighted by atomic mass is 10.3. The van der Waals surface area contributed by atoms with E-state index in [0.29, 0.717) is 4.88 Å². The third kappa shape index (κ3) is 3.10. The second-order valence-corrected chi connectivity index (χ2v) is 7.46. The van der Waals surface area contributed by atoms with Crippen molar-refractivity contribution in [3.8, 4) is 5.69 Å². The molecule has 1 aromatic carbocycles. The van der Waals surface area contributed by atoms with Crippen molar-refractivity contribution in [3.63, 3.8) is 0 Å². The summed E-state index contributed by atoms with van der Waals surface area (Å²) in [5.74, 6) is -0.221. The summed E-state index contributed by atoms with van der Waals surface area (Å²) >= 11 is 1.40. The van der Waals surface area contributed by atoms with Crippen LogP contribution in [0.5, 0.6) is 0 Å². The molecule has 2 aromatic heterocycles. The van der Waals surface area contributed by atoms with Crippen LogP contribution in [-0.4, -0.2) is 46.1 Å². The molecule has 0 unspecified atom stereocenters. The van der Waals surface area contributed by atoms with Gasteiger partial charge in [0.25, 0.3) is 5.91 Å². The number of aromatic nitrogens is 2. The minimum atomic E-state index is -0.210. The van der Waals surface area contributed by atoms with E-state index in [9.17, 15) is 9.59 Å². The Morgan fingerprint density at radius 2 is 1.92 bits per heavy atom. The van der Waals surface area contributed by atoms with Crippen LogP contribution >= 0.6 is 11.3 Å². The number of benzene rings is 1. The van der Waals surface area contributed by atoms with E-state index >= 15 is 0 Å². The molecule has 134 valence electrons. The fraction of sp³-hybridized carbons (Fsp3) is 0.316. The molecule has 3 aromatic rings. The van der Waals surface area contributed by atoms with Crippen LogP contribution in [0.1, 0.15) is 28.2 Å². The molecular weight excluding hydrogens is 348 g/mol. The number of aryl methyl sites for hydroxylation is 1. The SMILES string of the molecule is Cc1nn(-c2ccccc2)c2sc(C(=O)NCC(=O)N3CCCC3)cc12. The Labute approximate surface area is 155 Å². The van der Waals surface area contributed by atoms with E-state index in [1.165, 1.54) is 11.3 Å². The zero-order valence-corrected chi connectivity index (χ0v) is 15.4. The number of hydrogen-bond acceptors (Lipinski definition) is 4. The predicted molar refractivity (Wildman–Crippen MR) is 102 cm³/mol. The fourth-order valence-electron chi connectivity index (χ4n) is 3.22. The van der Waals surface area contributed by atoms with Crippen LogP contribution in [0.2, 0.25) is 0 Å². The molecule has 4 rings (SSSR count). The molecule has 1 N–H and O–H groups in total. The minimum Gasteiger partial charge on any atom is -0.342 e. The smallest absolute Gasteiger partial charge is 0.261 e. The molecule has 1 fully saturated rings. The molecule has 2 amide bonds. The number of nitrogens with one attached hydrogen (secondary N) is 1. The largest absolute Gasteiger partial charge is 0.342 e. The summed E-state index contributed by atoms with van der Waals surface area (Å²) in [4.78, 5) is 27.9. The standard InChI is InChI=1S/C19H20N4O2S/c1-13-15-11-16(18(25)20-12-17(24)22-9-5-6-10-22)26-19(15)23(21-13)14-7-3-2-4-8-14/h2-4,7-8,11H,5-6,9-10,12H2,1H3,(H,20,25). The van der Waals surface area contributed by atoms with E-state index in [-0.39, 0.29) is 18.4 Å². The number of carbonyl (C=O) groups excluding carboxylic acids is 2. The first-order chi connectivity index (χ1) is 12.6. The lowest BCUT2D eigenvalue weighted by molar-refractivity contribution is -0.129. The number of hydrogen-bond donors (Lipinski definition) is 1. The number of rotatable bonds is 4. The van der Waals surface area contributed by atoms with Crippen LogP contribution in [0, 0.1) is 6.92 Å². The van der Waals surface area contributed by atoms with Gasteiger partial charge in [0.15, 0.2) is 0 Å². The Hall–Kier alpha value is -2.67. The number of thiophene rings is 1. The number of likely N-dealkylation sites (tertiary alicyclic amines) is 1. The van der Waals surface area contributed by atoms with Gasteiger partial charge in [-0.2, -0.15) is 5.10 Å². The van der Waals surface area contributed by atoms with Gasteiger partial charge in [0.2, 0.25) is 5.91 Å². The van der Waals surface area contributed by atoms with Crippen molar-refractivity contribution < 1.29 is 9.59 Å². The molecule has 0 atom stereocenters. The van der Waals surface area contributed by atoms with Gasteiger partial charge in [-0.15, -0.1) is 11.3 Å². The predicted octanol–water partition coefficient (Wildman–Crippen LogP) is 2.75. The van der Waals surface area contributed by atoms with Crippen molar-refractivity contribution in [2.45, 2.75) is 19.8 Å². The van der Waals surface area contributed by atoms with Crippen LogP contribution in [0.4, 0.5) is 0 Å². The Balaban J connectivity index is 1.53. The monoisotopic (exact) mass is 368 g/mol. The van der Waals surface area contributed by atoms with Gasteiger partial charge in [-0.1, -0.05) is 18.2 Å². The first-order valence-corrected chi connectivity index (χ1v) is 9.56. The summed E-state index contributed by atoms with van der Waals surface area (Å²) in [5.41, 5.74) is 1.84. The minimum absolute atomic E-state index is 0.0106. The van der Waals surface area contributed by atoms with Gasteiger partial charge in [0.05, 0.1) is 22.8 Å². The summed E-state index contributed by atoms with van der Waals surface area (Å²) in [6, 6.07) is 11.7. The van der Waals surface area contributed by atoms with Crippen LogP contribution in [0.15, 0.2) is 36.4 Å². The van der Waals surface area contributed by atoms with Crippen LogP contribution in [0.3, 0.4) is 0 Å². The third-order valence-corrected chi connectivity index (χ3v) is 5.74. The van der Waals surface area contributed by atoms with E-state index in [1.807, 2.05) is 52.9 Å². The summed E-state index contributed by atoms with van der Waals surface area (Å²) in [5, 5.41) is 8.30. The van der Waals surface area contributed by atoms with E-state index in [2.05, 4.69) is 10.4 Å². The Morgan fingerprint density at radius 1 is 1.19 bits per heavy atom. The van der Waals surface area contributed by atoms with Crippen LogP contribution in [0.25, 0.3) is 15.9 Å². The first-order valence-electron chi connectivity index (χ1n) is 8.74. The molecule has 1 aliphatic heterocycles. The molecule has 0 spiro atoms. The van der Waals surface area contributed by atoms with Gasteiger partial charge >= 0.3 is 0 Å².